The van der Waals surface area contributed by atoms with Gasteiger partial charge in [-0.1, -0.05) is 12.1 Å². The van der Waals surface area contributed by atoms with Crippen molar-refractivity contribution in [3.05, 3.63) is 29.8 Å². The molecule has 0 aliphatic heterocycles. The zero-order valence-electron chi connectivity index (χ0n) is 8.51. The smallest absolute Gasteiger partial charge is 0.308 e. The van der Waals surface area contributed by atoms with Crippen LogP contribution in [0.4, 0.5) is 0 Å². The van der Waals surface area contributed by atoms with E-state index in [-0.39, 0.29) is 11.2 Å². The molecule has 0 heterocycles. The number of rotatable bonds is 4. The molecule has 4 heteroatoms. The molecule has 1 rings (SSSR count). The first-order valence-corrected chi connectivity index (χ1v) is 5.85. The van der Waals surface area contributed by atoms with Crippen LogP contribution in [0.3, 0.4) is 0 Å². The number of carbonyl (C=O) groups is 1. The molecule has 0 saturated carbocycles. The largest absolute Gasteiger partial charge is 0.427 e. The fraction of sp³-hybridized carbons (Fsp3) is 0.364. The van der Waals surface area contributed by atoms with Crippen LogP contribution >= 0.6 is 25.3 Å². The topological polar surface area (TPSA) is 26.3 Å². The van der Waals surface area contributed by atoms with E-state index < -0.39 is 0 Å². The Labute approximate surface area is 101 Å². The monoisotopic (exact) mass is 242 g/mol. The molecular formula is C11H14O2S2. The molecule has 2 nitrogen and oxygen atoms in total. The standard InChI is InChI=1S/C11H14O2S2/c1-8(12)13-10-4-2-9(3-5-10)11(15)6-7-14/h2-5,11,14-15H,6-7H2,1H3. The number of benzene rings is 1. The highest BCUT2D eigenvalue weighted by Crippen LogP contribution is 2.25. The van der Waals surface area contributed by atoms with Crippen LogP contribution in [-0.2, 0) is 4.79 Å². The molecule has 0 fully saturated rings. The van der Waals surface area contributed by atoms with Crippen molar-refractivity contribution in [1.29, 1.82) is 0 Å². The van der Waals surface area contributed by atoms with Crippen molar-refractivity contribution in [1.82, 2.24) is 0 Å². The van der Waals surface area contributed by atoms with Crippen LogP contribution in [0.5, 0.6) is 5.75 Å². The zero-order valence-corrected chi connectivity index (χ0v) is 10.3. The van der Waals surface area contributed by atoms with E-state index in [0.717, 1.165) is 17.7 Å². The second-order valence-corrected chi connectivity index (χ2v) is 4.26. The van der Waals surface area contributed by atoms with Crippen LogP contribution in [0, 0.1) is 0 Å². The summed E-state index contributed by atoms with van der Waals surface area (Å²) in [6.45, 7) is 1.39. The highest BCUT2D eigenvalue weighted by molar-refractivity contribution is 7.81. The van der Waals surface area contributed by atoms with Crippen molar-refractivity contribution in [3.8, 4) is 5.75 Å². The minimum absolute atomic E-state index is 0.189. The Morgan fingerprint density at radius 2 is 2.00 bits per heavy atom. The second-order valence-electron chi connectivity index (χ2n) is 3.19. The Morgan fingerprint density at radius 1 is 1.40 bits per heavy atom. The van der Waals surface area contributed by atoms with E-state index in [4.69, 9.17) is 4.74 Å². The molecule has 0 aliphatic rings. The Balaban J connectivity index is 2.67. The van der Waals surface area contributed by atoms with Gasteiger partial charge in [0, 0.05) is 12.2 Å². The predicted molar refractivity (Wildman–Crippen MR) is 67.9 cm³/mol. The Bertz CT molecular complexity index is 322. The molecule has 0 aromatic heterocycles. The summed E-state index contributed by atoms with van der Waals surface area (Å²) in [6.07, 6.45) is 0.916. The molecule has 1 unspecified atom stereocenters. The van der Waals surface area contributed by atoms with Crippen molar-refractivity contribution in [3.63, 3.8) is 0 Å². The molecule has 0 aliphatic carbocycles. The highest BCUT2D eigenvalue weighted by Gasteiger charge is 2.05. The molecule has 0 amide bonds. The molecule has 15 heavy (non-hydrogen) atoms. The molecule has 0 spiro atoms. The van der Waals surface area contributed by atoms with Gasteiger partial charge in [0.1, 0.15) is 5.75 Å². The lowest BCUT2D eigenvalue weighted by molar-refractivity contribution is -0.131. The minimum Gasteiger partial charge on any atom is -0.427 e. The molecule has 0 saturated heterocycles. The third-order valence-electron chi connectivity index (χ3n) is 1.93. The molecule has 1 atom stereocenters. The van der Waals surface area contributed by atoms with Crippen molar-refractivity contribution >= 4 is 31.2 Å². The Kier molecular flexibility index (Phi) is 5.05. The lowest BCUT2D eigenvalue weighted by Gasteiger charge is -2.09. The summed E-state index contributed by atoms with van der Waals surface area (Å²) in [7, 11) is 0. The Hall–Kier alpha value is -0.610. The van der Waals surface area contributed by atoms with Gasteiger partial charge in [0.25, 0.3) is 0 Å². The van der Waals surface area contributed by atoms with Gasteiger partial charge in [0.2, 0.25) is 0 Å². The van der Waals surface area contributed by atoms with Crippen LogP contribution in [0.1, 0.15) is 24.2 Å². The van der Waals surface area contributed by atoms with Crippen LogP contribution in [0.25, 0.3) is 0 Å². The van der Waals surface area contributed by atoms with Gasteiger partial charge in [-0.05, 0) is 29.9 Å². The van der Waals surface area contributed by atoms with Gasteiger partial charge in [-0.15, -0.1) is 0 Å². The van der Waals surface area contributed by atoms with Crippen LogP contribution in [0.2, 0.25) is 0 Å². The van der Waals surface area contributed by atoms with Gasteiger partial charge in [-0.25, -0.2) is 0 Å². The summed E-state index contributed by atoms with van der Waals surface area (Å²) in [6, 6.07) is 7.38. The van der Waals surface area contributed by atoms with Crippen molar-refractivity contribution < 1.29 is 9.53 Å². The van der Waals surface area contributed by atoms with Crippen LogP contribution < -0.4 is 4.74 Å². The van der Waals surface area contributed by atoms with Gasteiger partial charge in [-0.3, -0.25) is 4.79 Å². The maximum atomic E-state index is 10.7. The lowest BCUT2D eigenvalue weighted by Crippen LogP contribution is -2.01. The summed E-state index contributed by atoms with van der Waals surface area (Å²) in [5, 5.41) is 0.189. The lowest BCUT2D eigenvalue weighted by atomic mass is 10.1. The number of ether oxygens (including phenoxy) is 1. The summed E-state index contributed by atoms with van der Waals surface area (Å²) >= 11 is 8.60. The molecule has 82 valence electrons. The maximum Gasteiger partial charge on any atom is 0.308 e. The normalized spacial score (nSPS) is 12.2. The van der Waals surface area contributed by atoms with Crippen molar-refractivity contribution in [2.75, 3.05) is 5.75 Å². The van der Waals surface area contributed by atoms with Crippen LogP contribution in [-0.4, -0.2) is 11.7 Å². The molecule has 0 radical (unpaired) electrons. The number of thiol groups is 2. The van der Waals surface area contributed by atoms with Crippen molar-refractivity contribution in [2.24, 2.45) is 0 Å². The molecule has 1 aromatic carbocycles. The number of carbonyl (C=O) groups excluding carboxylic acids is 1. The van der Waals surface area contributed by atoms with Gasteiger partial charge in [0.05, 0.1) is 0 Å². The summed E-state index contributed by atoms with van der Waals surface area (Å²) in [5.74, 6) is 1.07. The average Bonchev–Trinajstić information content (AvgIpc) is 2.18. The third kappa shape index (κ3) is 4.18. The van der Waals surface area contributed by atoms with Gasteiger partial charge < -0.3 is 4.74 Å². The van der Waals surface area contributed by atoms with Gasteiger partial charge >= 0.3 is 5.97 Å². The summed E-state index contributed by atoms with van der Waals surface area (Å²) in [4.78, 5) is 10.7. The van der Waals surface area contributed by atoms with Crippen molar-refractivity contribution in [2.45, 2.75) is 18.6 Å². The first-order chi connectivity index (χ1) is 7.13. The van der Waals surface area contributed by atoms with E-state index in [0.29, 0.717) is 5.75 Å². The minimum atomic E-state index is -0.305. The molecule has 1 aromatic rings. The van der Waals surface area contributed by atoms with E-state index in [1.807, 2.05) is 12.1 Å². The molecule has 0 N–H and O–H groups in total. The quantitative estimate of drug-likeness (QED) is 0.482. The van der Waals surface area contributed by atoms with Gasteiger partial charge in [-0.2, -0.15) is 25.3 Å². The van der Waals surface area contributed by atoms with Crippen LogP contribution in [0.15, 0.2) is 24.3 Å². The zero-order chi connectivity index (χ0) is 11.3. The van der Waals surface area contributed by atoms with E-state index in [9.17, 15) is 4.79 Å². The third-order valence-corrected chi connectivity index (χ3v) is 2.74. The number of hydrogen-bond donors (Lipinski definition) is 2. The van der Waals surface area contributed by atoms with E-state index in [1.54, 1.807) is 12.1 Å². The second kappa shape index (κ2) is 6.08. The maximum absolute atomic E-state index is 10.7. The number of esters is 1. The first kappa shape index (κ1) is 12.5. The van der Waals surface area contributed by atoms with E-state index in [1.165, 1.54) is 6.92 Å². The highest BCUT2D eigenvalue weighted by atomic mass is 32.1. The fourth-order valence-corrected chi connectivity index (χ4v) is 1.98. The first-order valence-electron chi connectivity index (χ1n) is 4.71. The predicted octanol–water partition coefficient (Wildman–Crippen LogP) is 2.90. The fourth-order valence-electron chi connectivity index (χ4n) is 1.21. The van der Waals surface area contributed by atoms with E-state index in [2.05, 4.69) is 25.3 Å². The number of hydrogen-bond acceptors (Lipinski definition) is 4. The summed E-state index contributed by atoms with van der Waals surface area (Å²) < 4.78 is 4.93. The van der Waals surface area contributed by atoms with Gasteiger partial charge in [0.15, 0.2) is 0 Å². The molecular weight excluding hydrogens is 228 g/mol. The summed E-state index contributed by atoms with van der Waals surface area (Å²) in [5.41, 5.74) is 1.11. The average molecular weight is 242 g/mol. The SMILES string of the molecule is CC(=O)Oc1ccc(C(S)CCS)cc1. The Morgan fingerprint density at radius 3 is 2.47 bits per heavy atom. The van der Waals surface area contributed by atoms with E-state index >= 15 is 0 Å². The molecule has 0 bridgehead atoms.